The Kier molecular flexibility index (Phi) is 8.20. The Bertz CT molecular complexity index is 125. The zero-order valence-corrected chi connectivity index (χ0v) is 10.5. The maximum Gasteiger partial charge on any atom is 0.0699 e. The molecule has 1 N–H and O–H groups in total. The fraction of sp³-hybridized carbons (Fsp3) is 1.00. The van der Waals surface area contributed by atoms with Gasteiger partial charge in [0.15, 0.2) is 0 Å². The normalized spacial score (nSPS) is 15.9. The van der Waals surface area contributed by atoms with Crippen molar-refractivity contribution in [3.63, 3.8) is 0 Å². The highest BCUT2D eigenvalue weighted by Gasteiger charge is 2.14. The lowest BCUT2D eigenvalue weighted by Gasteiger charge is -2.23. The Morgan fingerprint density at radius 2 is 1.79 bits per heavy atom. The first kappa shape index (κ1) is 13.9. The molecule has 2 heteroatoms. The third-order valence-electron chi connectivity index (χ3n) is 2.66. The smallest absolute Gasteiger partial charge is 0.0699 e. The first-order valence-corrected chi connectivity index (χ1v) is 5.90. The largest absolute Gasteiger partial charge is 0.377 e. The van der Waals surface area contributed by atoms with Crippen molar-refractivity contribution >= 4 is 0 Å². The van der Waals surface area contributed by atoms with Crippen LogP contribution in [0.2, 0.25) is 0 Å². The lowest BCUT2D eigenvalue weighted by atomic mass is 10.0. The van der Waals surface area contributed by atoms with Gasteiger partial charge in [0.25, 0.3) is 0 Å². The average Bonchev–Trinajstić information content (AvgIpc) is 2.12. The van der Waals surface area contributed by atoms with Crippen LogP contribution in [-0.2, 0) is 4.74 Å². The zero-order chi connectivity index (χ0) is 11.0. The van der Waals surface area contributed by atoms with E-state index in [4.69, 9.17) is 4.74 Å². The van der Waals surface area contributed by atoms with Crippen LogP contribution in [0, 0.1) is 5.92 Å². The first-order chi connectivity index (χ1) is 6.61. The molecule has 86 valence electrons. The highest BCUT2D eigenvalue weighted by molar-refractivity contribution is 4.72. The van der Waals surface area contributed by atoms with E-state index in [1.54, 1.807) is 0 Å². The summed E-state index contributed by atoms with van der Waals surface area (Å²) < 4.78 is 5.59. The molecule has 2 unspecified atom stereocenters. The van der Waals surface area contributed by atoms with Crippen LogP contribution in [0.1, 0.15) is 47.0 Å². The van der Waals surface area contributed by atoms with E-state index in [0.29, 0.717) is 12.1 Å². The lowest BCUT2D eigenvalue weighted by molar-refractivity contribution is 0.0464. The number of nitrogens with one attached hydrogen (secondary N) is 1. The van der Waals surface area contributed by atoms with Crippen LogP contribution in [0.15, 0.2) is 0 Å². The quantitative estimate of drug-likeness (QED) is 0.652. The Labute approximate surface area is 89.4 Å². The molecule has 0 bridgehead atoms. The molecule has 0 fully saturated rings. The number of likely N-dealkylation sites (N-methyl/N-ethyl adjacent to an activating group) is 1. The molecule has 0 spiro atoms. The van der Waals surface area contributed by atoms with Gasteiger partial charge in [0.05, 0.1) is 6.10 Å². The van der Waals surface area contributed by atoms with Crippen molar-refractivity contribution in [1.29, 1.82) is 0 Å². The highest BCUT2D eigenvalue weighted by Crippen LogP contribution is 2.11. The summed E-state index contributed by atoms with van der Waals surface area (Å²) >= 11 is 0. The Morgan fingerprint density at radius 1 is 1.14 bits per heavy atom. The summed E-state index contributed by atoms with van der Waals surface area (Å²) in [5.41, 5.74) is 0. The van der Waals surface area contributed by atoms with Crippen molar-refractivity contribution in [1.82, 2.24) is 5.32 Å². The average molecular weight is 201 g/mol. The Hall–Kier alpha value is -0.0800. The molecule has 0 aromatic rings. The summed E-state index contributed by atoms with van der Waals surface area (Å²) in [7, 11) is 2.02. The summed E-state index contributed by atoms with van der Waals surface area (Å²) in [4.78, 5) is 0. The topological polar surface area (TPSA) is 21.3 Å². The van der Waals surface area contributed by atoms with Gasteiger partial charge in [-0.2, -0.15) is 0 Å². The molecule has 0 radical (unpaired) electrons. The van der Waals surface area contributed by atoms with Crippen molar-refractivity contribution in [2.75, 3.05) is 13.7 Å². The molecule has 14 heavy (non-hydrogen) atoms. The minimum atomic E-state index is 0.331. The second kappa shape index (κ2) is 8.25. The predicted molar refractivity (Wildman–Crippen MR) is 62.6 cm³/mol. The van der Waals surface area contributed by atoms with Crippen molar-refractivity contribution in [3.05, 3.63) is 0 Å². The molecule has 0 aliphatic carbocycles. The molecule has 0 aliphatic heterocycles. The summed E-state index contributed by atoms with van der Waals surface area (Å²) in [6.07, 6.45) is 4.16. The van der Waals surface area contributed by atoms with E-state index in [-0.39, 0.29) is 0 Å². The number of hydrogen-bond acceptors (Lipinski definition) is 2. The second-order valence-corrected chi connectivity index (χ2v) is 4.38. The van der Waals surface area contributed by atoms with Crippen LogP contribution < -0.4 is 5.32 Å². The molecule has 0 aliphatic rings. The van der Waals surface area contributed by atoms with E-state index >= 15 is 0 Å². The predicted octanol–water partition coefficient (Wildman–Crippen LogP) is 2.83. The molecule has 2 nitrogen and oxygen atoms in total. The van der Waals surface area contributed by atoms with Crippen molar-refractivity contribution in [3.8, 4) is 0 Å². The minimum Gasteiger partial charge on any atom is -0.377 e. The van der Waals surface area contributed by atoms with Gasteiger partial charge in [0.1, 0.15) is 0 Å². The maximum absolute atomic E-state index is 5.59. The fourth-order valence-electron chi connectivity index (χ4n) is 1.74. The Morgan fingerprint density at radius 3 is 2.21 bits per heavy atom. The van der Waals surface area contributed by atoms with E-state index in [1.807, 2.05) is 7.05 Å². The van der Waals surface area contributed by atoms with Crippen molar-refractivity contribution in [2.24, 2.45) is 5.92 Å². The monoisotopic (exact) mass is 201 g/mol. The van der Waals surface area contributed by atoms with Crippen LogP contribution in [0.3, 0.4) is 0 Å². The standard InChI is InChI=1S/C12H27NO/c1-6-14-11(4)12(13-5)9-7-8-10(2)3/h10-13H,6-9H2,1-5H3. The van der Waals surface area contributed by atoms with Gasteiger partial charge in [0.2, 0.25) is 0 Å². The van der Waals surface area contributed by atoms with Crippen LogP contribution in [0.4, 0.5) is 0 Å². The molecule has 0 amide bonds. The molecule has 0 heterocycles. The van der Waals surface area contributed by atoms with E-state index in [1.165, 1.54) is 19.3 Å². The van der Waals surface area contributed by atoms with E-state index < -0.39 is 0 Å². The molecule has 0 aromatic heterocycles. The summed E-state index contributed by atoms with van der Waals surface area (Å²) in [6, 6.07) is 0.508. The number of hydrogen-bond donors (Lipinski definition) is 1. The molecule has 2 atom stereocenters. The van der Waals surface area contributed by atoms with Gasteiger partial charge in [0, 0.05) is 12.6 Å². The van der Waals surface area contributed by atoms with Crippen LogP contribution >= 0.6 is 0 Å². The first-order valence-electron chi connectivity index (χ1n) is 5.90. The van der Waals surface area contributed by atoms with E-state index in [2.05, 4.69) is 33.0 Å². The summed E-state index contributed by atoms with van der Waals surface area (Å²) in [6.45, 7) is 9.57. The van der Waals surface area contributed by atoms with Gasteiger partial charge >= 0.3 is 0 Å². The summed E-state index contributed by atoms with van der Waals surface area (Å²) in [5, 5.41) is 3.34. The van der Waals surface area contributed by atoms with E-state index in [9.17, 15) is 0 Å². The van der Waals surface area contributed by atoms with Crippen molar-refractivity contribution < 1.29 is 4.74 Å². The van der Waals surface area contributed by atoms with Gasteiger partial charge in [-0.1, -0.05) is 26.7 Å². The molecule has 0 aromatic carbocycles. The number of rotatable bonds is 8. The fourth-order valence-corrected chi connectivity index (χ4v) is 1.74. The van der Waals surface area contributed by atoms with Gasteiger partial charge in [-0.05, 0) is 33.2 Å². The molecular formula is C12H27NO. The molecule has 0 saturated carbocycles. The van der Waals surface area contributed by atoms with Gasteiger partial charge < -0.3 is 10.1 Å². The minimum absolute atomic E-state index is 0.331. The van der Waals surface area contributed by atoms with Crippen LogP contribution in [0.5, 0.6) is 0 Å². The molecular weight excluding hydrogens is 174 g/mol. The highest BCUT2D eigenvalue weighted by atomic mass is 16.5. The zero-order valence-electron chi connectivity index (χ0n) is 10.5. The SMILES string of the molecule is CCOC(C)C(CCCC(C)C)NC. The van der Waals surface area contributed by atoms with Gasteiger partial charge in [-0.15, -0.1) is 0 Å². The van der Waals surface area contributed by atoms with Crippen LogP contribution in [-0.4, -0.2) is 25.8 Å². The molecule has 0 rings (SSSR count). The Balaban J connectivity index is 3.66. The third-order valence-corrected chi connectivity index (χ3v) is 2.66. The maximum atomic E-state index is 5.59. The lowest BCUT2D eigenvalue weighted by Crippen LogP contribution is -2.37. The molecule has 0 saturated heterocycles. The van der Waals surface area contributed by atoms with Crippen LogP contribution in [0.25, 0.3) is 0 Å². The van der Waals surface area contributed by atoms with E-state index in [0.717, 1.165) is 12.5 Å². The van der Waals surface area contributed by atoms with Crippen molar-refractivity contribution in [2.45, 2.75) is 59.1 Å². The third kappa shape index (κ3) is 6.39. The van der Waals surface area contributed by atoms with Gasteiger partial charge in [-0.3, -0.25) is 0 Å². The second-order valence-electron chi connectivity index (χ2n) is 4.38. The number of ether oxygens (including phenoxy) is 1. The summed E-state index contributed by atoms with van der Waals surface area (Å²) in [5.74, 6) is 0.815. The van der Waals surface area contributed by atoms with Gasteiger partial charge in [-0.25, -0.2) is 0 Å².